The third-order valence-electron chi connectivity index (χ3n) is 1.80. The summed E-state index contributed by atoms with van der Waals surface area (Å²) in [6, 6.07) is 10.5. The first-order valence-electron chi connectivity index (χ1n) is 4.09. The average molecular weight is 215 g/mol. The maximum Gasteiger partial charge on any atom is 0.124 e. The van der Waals surface area contributed by atoms with E-state index in [0.29, 0.717) is 11.3 Å². The number of rotatable bonds is 2. The highest BCUT2D eigenvalue weighted by Crippen LogP contribution is 2.26. The lowest BCUT2D eigenvalue weighted by atomic mass is 10.1. The highest BCUT2D eigenvalue weighted by Gasteiger charge is 2.02. The molecule has 0 amide bonds. The van der Waals surface area contributed by atoms with Crippen LogP contribution in [0.4, 0.5) is 0 Å². The fraction of sp³-hybridized carbons (Fsp3) is 0.0909. The molecular weight excluding hydrogens is 208 g/mol. The van der Waals surface area contributed by atoms with Crippen LogP contribution < -0.4 is 4.74 Å². The second kappa shape index (κ2) is 4.99. The van der Waals surface area contributed by atoms with Crippen molar-refractivity contribution in [3.63, 3.8) is 0 Å². The molecule has 0 N–H and O–H groups in total. The van der Waals surface area contributed by atoms with E-state index in [2.05, 4.69) is 0 Å². The topological polar surface area (TPSA) is 56.8 Å². The summed E-state index contributed by atoms with van der Waals surface area (Å²) in [5.41, 5.74) is 0.516. The van der Waals surface area contributed by atoms with Crippen molar-refractivity contribution < 1.29 is 4.74 Å². The van der Waals surface area contributed by atoms with Crippen molar-refractivity contribution in [2.24, 2.45) is 0 Å². The van der Waals surface area contributed by atoms with Crippen LogP contribution in [0.15, 0.2) is 29.8 Å². The van der Waals surface area contributed by atoms with Crippen LogP contribution in [0.1, 0.15) is 5.56 Å². The van der Waals surface area contributed by atoms with Gasteiger partial charge in [-0.15, -0.1) is 4.91 Å². The van der Waals surface area contributed by atoms with Crippen molar-refractivity contribution >= 4 is 17.5 Å². The fourth-order valence-electron chi connectivity index (χ4n) is 1.09. The molecule has 1 rings (SSSR count). The molecule has 1 aromatic carbocycles. The summed E-state index contributed by atoms with van der Waals surface area (Å²) < 4.78 is 5.09. The molecular formula is C11H7N2OS-. The number of methoxy groups -OCH3 is 1. The van der Waals surface area contributed by atoms with Crippen molar-refractivity contribution in [2.75, 3.05) is 7.11 Å². The van der Waals surface area contributed by atoms with Crippen LogP contribution in [0, 0.1) is 22.7 Å². The maximum atomic E-state index is 8.68. The third kappa shape index (κ3) is 2.25. The van der Waals surface area contributed by atoms with Crippen molar-refractivity contribution in [3.8, 4) is 17.9 Å². The minimum atomic E-state index is -0.0745. The molecule has 0 aliphatic carbocycles. The van der Waals surface area contributed by atoms with Crippen LogP contribution in [-0.2, 0) is 12.6 Å². The summed E-state index contributed by atoms with van der Waals surface area (Å²) >= 11 is 5.03. The zero-order chi connectivity index (χ0) is 11.3. The van der Waals surface area contributed by atoms with Gasteiger partial charge in [0, 0.05) is 0 Å². The molecule has 0 atom stereocenters. The summed E-state index contributed by atoms with van der Waals surface area (Å²) in [4.78, 5) is 0.220. The Hall–Kier alpha value is -2.04. The minimum Gasteiger partial charge on any atom is -0.777 e. The summed E-state index contributed by atoms with van der Waals surface area (Å²) in [6.07, 6.45) is 0. The molecule has 0 aromatic heterocycles. The quantitative estimate of drug-likeness (QED) is 0.559. The number of ether oxygens (including phenoxy) is 1. The Bertz CT molecular complexity index is 464. The van der Waals surface area contributed by atoms with Crippen LogP contribution in [0.3, 0.4) is 0 Å². The Morgan fingerprint density at radius 1 is 1.27 bits per heavy atom. The monoisotopic (exact) mass is 215 g/mol. The van der Waals surface area contributed by atoms with E-state index in [1.54, 1.807) is 36.4 Å². The van der Waals surface area contributed by atoms with Crippen LogP contribution in [-0.4, -0.2) is 7.11 Å². The SMILES string of the molecule is COc1ccccc1C([S-])=C(C#N)C#N. The minimum absolute atomic E-state index is 0.0745. The molecule has 0 spiro atoms. The molecule has 0 saturated heterocycles. The predicted molar refractivity (Wildman–Crippen MR) is 58.5 cm³/mol. The molecule has 0 heterocycles. The van der Waals surface area contributed by atoms with E-state index in [-0.39, 0.29) is 10.5 Å². The zero-order valence-corrected chi connectivity index (χ0v) is 8.84. The number of hydrogen-bond donors (Lipinski definition) is 0. The lowest BCUT2D eigenvalue weighted by Crippen LogP contribution is -1.91. The first kappa shape index (κ1) is 11.0. The standard InChI is InChI=1S/C11H8N2OS/c1-14-10-5-3-2-4-9(10)11(15)8(6-12)7-13/h2-5,15H,1H3/p-1. The van der Waals surface area contributed by atoms with Gasteiger partial charge in [0.25, 0.3) is 0 Å². The molecule has 0 radical (unpaired) electrons. The van der Waals surface area contributed by atoms with Gasteiger partial charge in [0.15, 0.2) is 0 Å². The van der Waals surface area contributed by atoms with Gasteiger partial charge in [-0.1, -0.05) is 18.2 Å². The second-order valence-corrected chi connectivity index (χ2v) is 3.04. The van der Waals surface area contributed by atoms with Crippen LogP contribution >= 0.6 is 0 Å². The van der Waals surface area contributed by atoms with E-state index >= 15 is 0 Å². The number of allylic oxidation sites excluding steroid dienone is 1. The van der Waals surface area contributed by atoms with E-state index in [4.69, 9.17) is 27.9 Å². The van der Waals surface area contributed by atoms with E-state index in [1.807, 2.05) is 0 Å². The first-order valence-corrected chi connectivity index (χ1v) is 4.50. The number of benzene rings is 1. The Morgan fingerprint density at radius 2 is 1.87 bits per heavy atom. The average Bonchev–Trinajstić information content (AvgIpc) is 2.30. The molecule has 15 heavy (non-hydrogen) atoms. The largest absolute Gasteiger partial charge is 0.777 e. The Labute approximate surface area is 93.6 Å². The number of nitriles is 2. The lowest BCUT2D eigenvalue weighted by Gasteiger charge is -2.15. The van der Waals surface area contributed by atoms with Crippen molar-refractivity contribution in [2.45, 2.75) is 0 Å². The van der Waals surface area contributed by atoms with E-state index in [1.165, 1.54) is 7.11 Å². The van der Waals surface area contributed by atoms with E-state index in [9.17, 15) is 0 Å². The van der Waals surface area contributed by atoms with Gasteiger partial charge in [-0.3, -0.25) is 0 Å². The van der Waals surface area contributed by atoms with Crippen molar-refractivity contribution in [3.05, 3.63) is 35.4 Å². The molecule has 1 aromatic rings. The van der Waals surface area contributed by atoms with Crippen molar-refractivity contribution in [1.82, 2.24) is 0 Å². The summed E-state index contributed by atoms with van der Waals surface area (Å²) in [5, 5.41) is 17.4. The second-order valence-electron chi connectivity index (χ2n) is 2.63. The summed E-state index contributed by atoms with van der Waals surface area (Å²) in [7, 11) is 1.51. The van der Waals surface area contributed by atoms with Crippen LogP contribution in [0.2, 0.25) is 0 Å². The zero-order valence-electron chi connectivity index (χ0n) is 8.02. The normalized spacial score (nSPS) is 8.47. The van der Waals surface area contributed by atoms with Gasteiger partial charge in [0.1, 0.15) is 23.5 Å². The predicted octanol–water partition coefficient (Wildman–Crippen LogP) is 2.00. The highest BCUT2D eigenvalue weighted by atomic mass is 32.1. The van der Waals surface area contributed by atoms with Gasteiger partial charge in [-0.2, -0.15) is 10.5 Å². The van der Waals surface area contributed by atoms with E-state index < -0.39 is 0 Å². The Morgan fingerprint density at radius 3 is 2.40 bits per heavy atom. The summed E-state index contributed by atoms with van der Waals surface area (Å²) in [5.74, 6) is 0.561. The van der Waals surface area contributed by atoms with Gasteiger partial charge in [0.05, 0.1) is 7.11 Å². The van der Waals surface area contributed by atoms with Gasteiger partial charge >= 0.3 is 0 Å². The molecule has 0 fully saturated rings. The molecule has 74 valence electrons. The lowest BCUT2D eigenvalue weighted by molar-refractivity contribution is 0.414. The molecule has 0 unspecified atom stereocenters. The Kier molecular flexibility index (Phi) is 3.68. The molecule has 3 nitrogen and oxygen atoms in total. The van der Waals surface area contributed by atoms with E-state index in [0.717, 1.165) is 0 Å². The van der Waals surface area contributed by atoms with Gasteiger partial charge in [0.2, 0.25) is 0 Å². The molecule has 0 aliphatic heterocycles. The first-order chi connectivity index (χ1) is 7.24. The van der Waals surface area contributed by atoms with Crippen LogP contribution in [0.5, 0.6) is 5.75 Å². The Balaban J connectivity index is 3.36. The fourth-order valence-corrected chi connectivity index (χ4v) is 1.35. The van der Waals surface area contributed by atoms with Gasteiger partial charge < -0.3 is 17.4 Å². The molecule has 0 aliphatic rings. The summed E-state index contributed by atoms with van der Waals surface area (Å²) in [6.45, 7) is 0. The maximum absolute atomic E-state index is 8.68. The number of para-hydroxylation sites is 1. The molecule has 0 bridgehead atoms. The third-order valence-corrected chi connectivity index (χ3v) is 2.23. The van der Waals surface area contributed by atoms with Crippen molar-refractivity contribution in [1.29, 1.82) is 10.5 Å². The highest BCUT2D eigenvalue weighted by molar-refractivity contribution is 7.70. The van der Waals surface area contributed by atoms with Gasteiger partial charge in [-0.05, 0) is 11.6 Å². The molecule has 4 heteroatoms. The van der Waals surface area contributed by atoms with Crippen LogP contribution in [0.25, 0.3) is 4.91 Å². The number of nitrogens with zero attached hydrogens (tertiary/aromatic N) is 2. The number of hydrogen-bond acceptors (Lipinski definition) is 4. The smallest absolute Gasteiger partial charge is 0.124 e. The molecule has 0 saturated carbocycles. The van der Waals surface area contributed by atoms with Gasteiger partial charge in [-0.25, -0.2) is 0 Å².